The van der Waals surface area contributed by atoms with E-state index < -0.39 is 223 Å². The van der Waals surface area contributed by atoms with Crippen LogP contribution >= 0.6 is 0 Å². The van der Waals surface area contributed by atoms with E-state index in [9.17, 15) is 0 Å². The van der Waals surface area contributed by atoms with Gasteiger partial charge in [-0.3, -0.25) is 104 Å². The summed E-state index contributed by atoms with van der Waals surface area (Å²) in [4.78, 5) is 36.9. The van der Waals surface area contributed by atoms with Gasteiger partial charge in [0.2, 0.25) is 0 Å². The average molecular weight is 2100 g/mol. The molecule has 40 nitrogen and oxygen atoms in total. The number of hydrogen-bond acceptors (Lipinski definition) is 20. The standard InChI is InChI=1S/10C11H16N4/c10*1-9(12)15-11(13)14-8-7-10-5-3-2-4-6-10/h10*2-6H,7-8H2,1H3,(H4,12,13,14,15)/i2D,3D,4D,5D,6D,7D2,8D;2D,3D,4D,5D,6D,7D,8D2;2D,3D,4D,5D,6D,8D;2D,3D,4D,5D,6D,7D;2D,5D,6D,7D2,8D;2D,5D,6D,7D,8D2;2D,5D,6D,7D;2D,3D,4D,8D;2D,3D,4D,7D;2D,7D2,8D. The van der Waals surface area contributed by atoms with E-state index in [1.165, 1.54) is 130 Å². The molecule has 10 aromatic rings. The summed E-state index contributed by atoms with van der Waals surface area (Å²) in [6.07, 6.45) is -13.5. The van der Waals surface area contributed by atoms with Crippen molar-refractivity contribution in [3.05, 3.63) is 358 Å². The number of hydrogen-bond donors (Lipinski definition) is 30. The third kappa shape index (κ3) is 82.1. The smallest absolute Gasteiger partial charge is 0.194 e. The monoisotopic (exact) mass is 2100 g/mol. The van der Waals surface area contributed by atoms with Crippen LogP contribution in [0.4, 0.5) is 0 Å². The fourth-order valence-corrected chi connectivity index (χ4v) is 8.32. The Morgan fingerprint density at radius 2 is 0.400 bits per heavy atom. The summed E-state index contributed by atoms with van der Waals surface area (Å²) in [5.74, 6) is -1.34. The van der Waals surface area contributed by atoms with Gasteiger partial charge < -0.3 is 111 Å². The van der Waals surface area contributed by atoms with Gasteiger partial charge in [-0.05, 0) is 189 Å². The van der Waals surface area contributed by atoms with Gasteiger partial charge in [0.15, 0.2) is 59.6 Å². The number of benzene rings is 10. The highest BCUT2D eigenvalue weighted by molar-refractivity contribution is 6.01. The highest BCUT2D eigenvalue weighted by Gasteiger charge is 2.04. The summed E-state index contributed by atoms with van der Waals surface area (Å²) in [6, 6.07) is 5.95. The summed E-state index contributed by atoms with van der Waals surface area (Å²) < 4.78 is 430. The molecule has 0 radical (unpaired) electrons. The minimum Gasteiger partial charge on any atom is -0.370 e. The summed E-state index contributed by atoms with van der Waals surface area (Å²) in [7, 11) is 0. The number of rotatable bonds is 30. The molecule has 10 unspecified atom stereocenters. The van der Waals surface area contributed by atoms with E-state index >= 15 is 0 Å². The van der Waals surface area contributed by atoms with Crippen molar-refractivity contribution in [2.75, 3.05) is 65.2 Å². The number of nitrogens with zero attached hydrogens (tertiary/aromatic N) is 10. The van der Waals surface area contributed by atoms with Gasteiger partial charge in [-0.2, -0.15) is 0 Å². The SMILES string of the molecule is [2H]c1c([2H])c([2H])c(C([2H])([2H])C([2H])N=C(N)NC(C)=N)c([2H])c1[2H].[2H]c1c([2H])c([2H])c(C([2H])C([2H])([2H])N=C(N)NC(C)=N)c([2H])c1[2H].[2H]c1c([2H])c([2H])c(C([2H])CN=C(N)NC(C)=N)c([2H])c1[2H].[2H]c1c([2H])c([2H])c(CC([2H])N=C(N)NC(C)=N)c([2H])c1[2H].[2H]c1cc(C([2H])CN=C(N)NC(C)=N)cc([2H])c1[2H].[2H]c1cc(CC([2H])N=C(N)NC(C)=N)cc([2H])c1[2H].[2H]c1cc([2H])c(C([2H])([2H])C([2H])N=C(N)NC(C)=N)c([2H])c1.[2H]c1cc([2H])c(C([2H])C([2H])([2H])N=C(N)NC(C)=N)c([2H])c1.[2H]c1cc([2H])c(C([2H])CN=C(N)NC(C)=N)c([2H])c1.[2H]c1ccc(C([2H])([2H])C([2H])N=C(N)NC(C)=N)cc1. The highest BCUT2D eigenvalue weighted by Crippen LogP contribution is 2.08. The highest BCUT2D eigenvalue weighted by atomic mass is 15.2. The van der Waals surface area contributed by atoms with Crippen LogP contribution in [0, 0.1) is 54.1 Å². The maximum atomic E-state index is 7.96. The van der Waals surface area contributed by atoms with Crippen molar-refractivity contribution in [1.82, 2.24) is 53.2 Å². The van der Waals surface area contributed by atoms with Crippen LogP contribution in [0.3, 0.4) is 0 Å². The first-order valence-corrected chi connectivity index (χ1v) is 42.8. The lowest BCUT2D eigenvalue weighted by Crippen LogP contribution is -2.35. The zero-order chi connectivity index (χ0) is 160. The lowest BCUT2D eigenvalue weighted by Gasteiger charge is -2.02. The lowest BCUT2D eigenvalue weighted by atomic mass is 10.2. The molecule has 40 heteroatoms. The van der Waals surface area contributed by atoms with E-state index in [0.29, 0.717) is 11.1 Å². The first-order valence-electron chi connectivity index (χ1n) is 71.6. The van der Waals surface area contributed by atoms with Crippen LogP contribution < -0.4 is 111 Å². The second-order valence-corrected chi connectivity index (χ2v) is 27.4. The maximum absolute atomic E-state index is 7.96. The molecule has 40 N–H and O–H groups in total. The molecule has 0 aliphatic heterocycles. The van der Waals surface area contributed by atoms with E-state index in [2.05, 4.69) is 103 Å². The fraction of sp³-hybridized carbons (Fsp3) is 0.273. The average Bonchev–Trinajstić information content (AvgIpc) is 0.874. The van der Waals surface area contributed by atoms with Gasteiger partial charge in [0.25, 0.3) is 0 Å². The molecule has 0 saturated heterocycles. The predicted octanol–water partition coefficient (Wildman–Crippen LogP) is 11.3. The van der Waals surface area contributed by atoms with E-state index in [1.54, 1.807) is 0 Å². The van der Waals surface area contributed by atoms with Crippen LogP contribution in [0.25, 0.3) is 0 Å². The second kappa shape index (κ2) is 84.0. The Hall–Kier alpha value is -18.4. The van der Waals surface area contributed by atoms with Crippen molar-refractivity contribution in [3.8, 4) is 0 Å². The van der Waals surface area contributed by atoms with Crippen LogP contribution in [0.2, 0.25) is 0 Å². The summed E-state index contributed by atoms with van der Waals surface area (Å²) in [5, 5.41) is 95.6. The Kier molecular flexibility index (Phi) is 35.7. The Labute approximate surface area is 964 Å². The minimum absolute atomic E-state index is 0.00932. The molecule has 0 aromatic heterocycles. The molecule has 0 spiro atoms. The number of guanidine groups is 10. The van der Waals surface area contributed by atoms with Gasteiger partial charge in [0, 0.05) is 80.3 Å². The van der Waals surface area contributed by atoms with Gasteiger partial charge in [-0.15, -0.1) is 0 Å². The van der Waals surface area contributed by atoms with Gasteiger partial charge in [0.1, 0.15) is 0 Å². The van der Waals surface area contributed by atoms with Gasteiger partial charge in [0.05, 0.1) is 120 Å². The van der Waals surface area contributed by atoms with Crippen LogP contribution in [-0.4, -0.2) is 183 Å². The van der Waals surface area contributed by atoms with E-state index in [4.69, 9.17) is 188 Å². The number of nitrogens with one attached hydrogen (secondary N) is 20. The molecule has 150 heavy (non-hydrogen) atoms. The van der Waals surface area contributed by atoms with E-state index in [1.807, 2.05) is 0 Å². The fourth-order valence-electron chi connectivity index (χ4n) is 8.32. The molecule has 10 rings (SSSR count). The summed E-state index contributed by atoms with van der Waals surface area (Å²) >= 11 is 0. The molecule has 0 aliphatic carbocycles. The Morgan fingerprint density at radius 1 is 0.200 bits per heavy atom. The number of amidine groups is 10. The maximum Gasteiger partial charge on any atom is 0.194 e. The molecule has 0 heterocycles. The third-order valence-corrected chi connectivity index (χ3v) is 13.9. The van der Waals surface area contributed by atoms with E-state index in [0.717, 1.165) is 24.3 Å². The Balaban J connectivity index is 0.00000115. The first-order chi connectivity index (χ1) is 94.3. The zero-order valence-corrected chi connectivity index (χ0v) is 83.1. The zero-order valence-electron chi connectivity index (χ0n) is 139. The lowest BCUT2D eigenvalue weighted by molar-refractivity contribution is 0.955. The van der Waals surface area contributed by atoms with Crippen LogP contribution in [0.5, 0.6) is 0 Å². The topological polar surface area (TPSA) is 743 Å². The summed E-state index contributed by atoms with van der Waals surface area (Å²) in [6.45, 7) is 2.07. The van der Waals surface area contributed by atoms with Crippen molar-refractivity contribution in [2.45, 2.75) is 133 Å². The quantitative estimate of drug-likeness (QED) is 0.0147. The van der Waals surface area contributed by atoms with Crippen LogP contribution in [0.15, 0.2) is 352 Å². The molecule has 0 amide bonds. The van der Waals surface area contributed by atoms with Crippen molar-refractivity contribution < 1.29 is 76.8 Å². The van der Waals surface area contributed by atoms with Crippen LogP contribution in [-0.2, 0) is 63.9 Å². The third-order valence-electron chi connectivity index (χ3n) is 13.9. The molecule has 800 valence electrons. The molecular weight excluding hydrogens is 1880 g/mol. The Morgan fingerprint density at radius 3 is 0.700 bits per heavy atom. The molecule has 0 fully saturated rings. The van der Waals surface area contributed by atoms with Crippen molar-refractivity contribution >= 4 is 118 Å². The normalized spacial score (nSPS) is 19.0. The molecule has 0 saturated carbocycles. The van der Waals surface area contributed by atoms with Crippen molar-refractivity contribution in [1.29, 1.82) is 54.1 Å². The molecular formula is C110H160N40. The number of aryl methyl sites for hydroxylation is 2. The molecule has 10 atom stereocenters. The minimum atomic E-state index is -2.68. The van der Waals surface area contributed by atoms with E-state index in [-0.39, 0.29) is 287 Å². The molecule has 0 bridgehead atoms. The molecule has 0 aliphatic rings. The van der Waals surface area contributed by atoms with Crippen molar-refractivity contribution in [2.24, 2.45) is 107 Å². The molecule has 10 aromatic carbocycles. The summed E-state index contributed by atoms with van der Waals surface area (Å²) in [5.41, 5.74) is 54.3. The van der Waals surface area contributed by atoms with Gasteiger partial charge >= 0.3 is 0 Å². The van der Waals surface area contributed by atoms with Gasteiger partial charge in [-0.1, -0.05) is 302 Å². The van der Waals surface area contributed by atoms with Crippen LogP contribution in [0.1, 0.15) is 202 Å². The largest absolute Gasteiger partial charge is 0.370 e. The van der Waals surface area contributed by atoms with Gasteiger partial charge in [-0.25, -0.2) is 0 Å². The first kappa shape index (κ1) is 63.8. The number of aliphatic imine (C=N–C) groups is 10. The van der Waals surface area contributed by atoms with Crippen molar-refractivity contribution in [3.63, 3.8) is 0 Å². The Bertz CT molecular complexity index is 8910. The number of nitrogens with two attached hydrogens (primary N) is 10. The second-order valence-electron chi connectivity index (χ2n) is 27.4. The predicted molar refractivity (Wildman–Crippen MR) is 632 cm³/mol.